The molecule has 1 aromatic heterocycles. The highest BCUT2D eigenvalue weighted by Gasteiger charge is 2.24. The lowest BCUT2D eigenvalue weighted by molar-refractivity contribution is 0.112. The number of anilines is 1. The van der Waals surface area contributed by atoms with Gasteiger partial charge in [-0.3, -0.25) is 9.52 Å². The third-order valence-electron chi connectivity index (χ3n) is 2.13. The number of aromatic nitrogens is 1. The molecule has 0 spiro atoms. The van der Waals surface area contributed by atoms with Crippen molar-refractivity contribution in [2.24, 2.45) is 0 Å². The summed E-state index contributed by atoms with van der Waals surface area (Å²) in [5, 5.41) is 0. The van der Waals surface area contributed by atoms with Gasteiger partial charge in [0, 0.05) is 0 Å². The zero-order valence-electron chi connectivity index (χ0n) is 9.21. The van der Waals surface area contributed by atoms with Crippen LogP contribution in [0, 0.1) is 0 Å². The number of carbonyl (C=O) groups excluding carboxylic acids is 1. The number of carbonyl (C=O) groups is 1. The third-order valence-corrected chi connectivity index (χ3v) is 2.69. The van der Waals surface area contributed by atoms with Crippen LogP contribution in [-0.4, -0.2) is 32.0 Å². The first-order valence-corrected chi connectivity index (χ1v) is 6.97. The molecule has 1 N–H and O–H groups in total. The fourth-order valence-corrected chi connectivity index (χ4v) is 1.78. The quantitative estimate of drug-likeness (QED) is 0.788. The highest BCUT2D eigenvalue weighted by atomic mass is 32.2. The van der Waals surface area contributed by atoms with E-state index in [0.717, 1.165) is 19.1 Å². The van der Waals surface area contributed by atoms with Crippen molar-refractivity contribution in [3.8, 4) is 5.75 Å². The lowest BCUT2D eigenvalue weighted by Crippen LogP contribution is -2.13. The van der Waals surface area contributed by atoms with Crippen molar-refractivity contribution in [2.45, 2.75) is 18.9 Å². The number of pyridine rings is 1. The van der Waals surface area contributed by atoms with Crippen LogP contribution in [0.2, 0.25) is 0 Å². The normalized spacial score (nSPS) is 15.4. The van der Waals surface area contributed by atoms with E-state index in [4.69, 9.17) is 4.74 Å². The summed E-state index contributed by atoms with van der Waals surface area (Å²) < 4.78 is 29.7. The lowest BCUT2D eigenvalue weighted by atomic mass is 10.3. The second-order valence-corrected chi connectivity index (χ2v) is 5.67. The largest absolute Gasteiger partial charge is 0.489 e. The SMILES string of the molecule is CS(=O)(=O)Nc1ncc(OC2CC2)cc1C=O. The van der Waals surface area contributed by atoms with Crippen molar-refractivity contribution in [3.05, 3.63) is 17.8 Å². The first kappa shape index (κ1) is 11.8. The molecule has 6 nitrogen and oxygen atoms in total. The number of rotatable bonds is 5. The van der Waals surface area contributed by atoms with Crippen molar-refractivity contribution in [1.29, 1.82) is 0 Å². The summed E-state index contributed by atoms with van der Waals surface area (Å²) in [4.78, 5) is 14.7. The van der Waals surface area contributed by atoms with E-state index in [0.29, 0.717) is 12.0 Å². The maximum atomic E-state index is 11.0. The van der Waals surface area contributed by atoms with Crippen molar-refractivity contribution in [3.63, 3.8) is 0 Å². The van der Waals surface area contributed by atoms with Gasteiger partial charge >= 0.3 is 0 Å². The summed E-state index contributed by atoms with van der Waals surface area (Å²) in [5.74, 6) is 0.499. The maximum Gasteiger partial charge on any atom is 0.230 e. The Morgan fingerprint density at radius 3 is 2.76 bits per heavy atom. The Balaban J connectivity index is 2.24. The molecule has 0 amide bonds. The number of nitrogens with zero attached hydrogens (tertiary/aromatic N) is 1. The van der Waals surface area contributed by atoms with E-state index in [1.165, 1.54) is 12.3 Å². The molecule has 1 heterocycles. The molecular weight excluding hydrogens is 244 g/mol. The number of nitrogens with one attached hydrogen (secondary N) is 1. The summed E-state index contributed by atoms with van der Waals surface area (Å²) in [7, 11) is -3.45. The van der Waals surface area contributed by atoms with Crippen LogP contribution in [0.5, 0.6) is 5.75 Å². The molecule has 7 heteroatoms. The van der Waals surface area contributed by atoms with E-state index in [9.17, 15) is 13.2 Å². The summed E-state index contributed by atoms with van der Waals surface area (Å²) in [5.41, 5.74) is 0.161. The van der Waals surface area contributed by atoms with Crippen LogP contribution in [0.15, 0.2) is 12.3 Å². The average Bonchev–Trinajstić information content (AvgIpc) is 3.02. The van der Waals surface area contributed by atoms with Crippen LogP contribution in [0.3, 0.4) is 0 Å². The zero-order chi connectivity index (χ0) is 12.5. The third kappa shape index (κ3) is 3.42. The minimum Gasteiger partial charge on any atom is -0.489 e. The Bertz CT molecular complexity index is 537. The van der Waals surface area contributed by atoms with Gasteiger partial charge in [-0.2, -0.15) is 0 Å². The molecule has 1 aliphatic rings. The van der Waals surface area contributed by atoms with E-state index in [1.807, 2.05) is 0 Å². The highest BCUT2D eigenvalue weighted by molar-refractivity contribution is 7.92. The predicted octanol–water partition coefficient (Wildman–Crippen LogP) is 0.807. The molecule has 1 saturated carbocycles. The Morgan fingerprint density at radius 1 is 1.53 bits per heavy atom. The van der Waals surface area contributed by atoms with Crippen LogP contribution >= 0.6 is 0 Å². The van der Waals surface area contributed by atoms with Crippen molar-refractivity contribution < 1.29 is 17.9 Å². The predicted molar refractivity (Wildman–Crippen MR) is 61.7 cm³/mol. The van der Waals surface area contributed by atoms with Crippen molar-refractivity contribution >= 4 is 22.1 Å². The second-order valence-electron chi connectivity index (χ2n) is 3.92. The van der Waals surface area contributed by atoms with E-state index < -0.39 is 10.0 Å². The second kappa shape index (κ2) is 4.33. The number of ether oxygens (including phenoxy) is 1. The molecule has 0 radical (unpaired) electrons. The molecule has 0 atom stereocenters. The van der Waals surface area contributed by atoms with E-state index in [1.54, 1.807) is 0 Å². The first-order valence-electron chi connectivity index (χ1n) is 5.07. The number of sulfonamides is 1. The summed E-state index contributed by atoms with van der Waals surface area (Å²) >= 11 is 0. The Morgan fingerprint density at radius 2 is 2.24 bits per heavy atom. The highest BCUT2D eigenvalue weighted by Crippen LogP contribution is 2.27. The van der Waals surface area contributed by atoms with Crippen molar-refractivity contribution in [1.82, 2.24) is 4.98 Å². The van der Waals surface area contributed by atoms with Crippen LogP contribution in [-0.2, 0) is 10.0 Å². The number of hydrogen-bond acceptors (Lipinski definition) is 5. The van der Waals surface area contributed by atoms with Gasteiger partial charge in [-0.25, -0.2) is 13.4 Å². The van der Waals surface area contributed by atoms with Crippen LogP contribution in [0.4, 0.5) is 5.82 Å². The van der Waals surface area contributed by atoms with Crippen molar-refractivity contribution in [2.75, 3.05) is 11.0 Å². The van der Waals surface area contributed by atoms with Crippen LogP contribution in [0.25, 0.3) is 0 Å². The van der Waals surface area contributed by atoms with E-state index in [2.05, 4.69) is 9.71 Å². The van der Waals surface area contributed by atoms with Gasteiger partial charge in [0.15, 0.2) is 6.29 Å². The van der Waals surface area contributed by atoms with Gasteiger partial charge in [0.1, 0.15) is 11.6 Å². The zero-order valence-corrected chi connectivity index (χ0v) is 10.0. The van der Waals surface area contributed by atoms with Gasteiger partial charge in [-0.15, -0.1) is 0 Å². The molecule has 0 unspecified atom stereocenters. The smallest absolute Gasteiger partial charge is 0.230 e. The van der Waals surface area contributed by atoms with E-state index >= 15 is 0 Å². The molecule has 0 bridgehead atoms. The molecule has 0 aliphatic heterocycles. The van der Waals surface area contributed by atoms with Crippen LogP contribution < -0.4 is 9.46 Å². The first-order chi connectivity index (χ1) is 7.98. The molecular formula is C10H12N2O4S. The topological polar surface area (TPSA) is 85.4 Å². The van der Waals surface area contributed by atoms with Crippen LogP contribution in [0.1, 0.15) is 23.2 Å². The Kier molecular flexibility index (Phi) is 3.01. The maximum absolute atomic E-state index is 11.0. The standard InChI is InChI=1S/C10H12N2O4S/c1-17(14,15)12-10-7(6-13)4-9(5-11-10)16-8-2-3-8/h4-6,8H,2-3H2,1H3,(H,11,12). The molecule has 0 saturated heterocycles. The Labute approximate surface area is 99.1 Å². The minimum absolute atomic E-state index is 0.0191. The molecule has 1 fully saturated rings. The molecule has 1 aliphatic carbocycles. The fraction of sp³-hybridized carbons (Fsp3) is 0.400. The number of aldehydes is 1. The fourth-order valence-electron chi connectivity index (χ4n) is 1.26. The van der Waals surface area contributed by atoms with Gasteiger partial charge in [0.25, 0.3) is 0 Å². The lowest BCUT2D eigenvalue weighted by Gasteiger charge is -2.08. The number of hydrogen-bond donors (Lipinski definition) is 1. The van der Waals surface area contributed by atoms with Gasteiger partial charge in [-0.05, 0) is 18.9 Å². The van der Waals surface area contributed by atoms with Gasteiger partial charge in [-0.1, -0.05) is 0 Å². The average molecular weight is 256 g/mol. The molecule has 0 aromatic carbocycles. The molecule has 2 rings (SSSR count). The summed E-state index contributed by atoms with van der Waals surface area (Å²) in [6, 6.07) is 1.48. The summed E-state index contributed by atoms with van der Waals surface area (Å²) in [6.07, 6.45) is 5.14. The van der Waals surface area contributed by atoms with Gasteiger partial charge in [0.2, 0.25) is 10.0 Å². The molecule has 92 valence electrons. The molecule has 17 heavy (non-hydrogen) atoms. The van der Waals surface area contributed by atoms with E-state index in [-0.39, 0.29) is 17.5 Å². The summed E-state index contributed by atoms with van der Waals surface area (Å²) in [6.45, 7) is 0. The van der Waals surface area contributed by atoms with Gasteiger partial charge < -0.3 is 4.74 Å². The molecule has 1 aromatic rings. The minimum atomic E-state index is -3.45. The Hall–Kier alpha value is -1.63. The monoisotopic (exact) mass is 256 g/mol. The van der Waals surface area contributed by atoms with Gasteiger partial charge in [0.05, 0.1) is 24.1 Å².